The largest absolute Gasteiger partial charge is 0.397 e. The lowest BCUT2D eigenvalue weighted by Crippen LogP contribution is -2.13. The van der Waals surface area contributed by atoms with Crippen molar-refractivity contribution in [2.75, 3.05) is 30.8 Å². The summed E-state index contributed by atoms with van der Waals surface area (Å²) >= 11 is 6.09. The quantitative estimate of drug-likeness (QED) is 0.588. The van der Waals surface area contributed by atoms with E-state index in [0.29, 0.717) is 18.2 Å². The lowest BCUT2D eigenvalue weighted by Gasteiger charge is -2.13. The fraction of sp³-hybridized carbons (Fsp3) is 0.571. The third kappa shape index (κ3) is 4.75. The van der Waals surface area contributed by atoms with Gasteiger partial charge in [0.2, 0.25) is 0 Å². The molecule has 4 heteroatoms. The Bertz CT molecular complexity index is 380. The first-order valence-electron chi connectivity index (χ1n) is 6.44. The number of rotatable bonds is 7. The maximum Gasteiger partial charge on any atom is 0.0639 e. The van der Waals surface area contributed by atoms with Crippen LogP contribution in [-0.4, -0.2) is 19.8 Å². The van der Waals surface area contributed by atoms with E-state index in [-0.39, 0.29) is 0 Å². The minimum atomic E-state index is 0.567. The average molecular weight is 271 g/mol. The number of aryl methyl sites for hydroxylation is 1. The molecule has 0 atom stereocenters. The molecule has 0 saturated heterocycles. The number of ether oxygens (including phenoxy) is 1. The first-order valence-corrected chi connectivity index (χ1v) is 6.81. The number of nitrogens with one attached hydrogen (secondary N) is 1. The van der Waals surface area contributed by atoms with Crippen molar-refractivity contribution in [2.45, 2.75) is 27.2 Å². The zero-order valence-electron chi connectivity index (χ0n) is 11.4. The summed E-state index contributed by atoms with van der Waals surface area (Å²) in [6, 6.07) is 3.82. The highest BCUT2D eigenvalue weighted by molar-refractivity contribution is 6.31. The van der Waals surface area contributed by atoms with Crippen LogP contribution in [0.25, 0.3) is 0 Å². The summed E-state index contributed by atoms with van der Waals surface area (Å²) in [5, 5.41) is 4.01. The molecular formula is C14H23ClN2O. The number of nitrogens with two attached hydrogens (primary N) is 1. The molecule has 0 amide bonds. The van der Waals surface area contributed by atoms with Gasteiger partial charge in [0.05, 0.1) is 18.0 Å². The van der Waals surface area contributed by atoms with Crippen molar-refractivity contribution in [2.24, 2.45) is 5.92 Å². The molecule has 0 spiro atoms. The molecule has 1 aromatic rings. The molecule has 1 aromatic carbocycles. The van der Waals surface area contributed by atoms with E-state index in [2.05, 4.69) is 26.1 Å². The van der Waals surface area contributed by atoms with Crippen LogP contribution in [0.1, 0.15) is 26.3 Å². The standard InChI is InChI=1S/C14H23ClN2O/c1-4-11-7-14(13(16)8-12(11)15)17-5-6-18-9-10(2)3/h7-8,10,17H,4-6,9,16H2,1-3H3. The van der Waals surface area contributed by atoms with Crippen molar-refractivity contribution in [1.29, 1.82) is 0 Å². The van der Waals surface area contributed by atoms with Crippen LogP contribution in [0.15, 0.2) is 12.1 Å². The van der Waals surface area contributed by atoms with E-state index in [9.17, 15) is 0 Å². The molecular weight excluding hydrogens is 248 g/mol. The van der Waals surface area contributed by atoms with E-state index in [4.69, 9.17) is 22.1 Å². The lowest BCUT2D eigenvalue weighted by molar-refractivity contribution is 0.118. The van der Waals surface area contributed by atoms with Gasteiger partial charge < -0.3 is 15.8 Å². The molecule has 18 heavy (non-hydrogen) atoms. The second-order valence-electron chi connectivity index (χ2n) is 4.78. The van der Waals surface area contributed by atoms with Gasteiger partial charge in [-0.2, -0.15) is 0 Å². The molecule has 0 aliphatic heterocycles. The van der Waals surface area contributed by atoms with Crippen LogP contribution in [0, 0.1) is 5.92 Å². The average Bonchev–Trinajstić information content (AvgIpc) is 2.30. The number of anilines is 2. The molecule has 3 N–H and O–H groups in total. The number of nitrogen functional groups attached to an aromatic ring is 1. The Kier molecular flexibility index (Phi) is 6.30. The monoisotopic (exact) mass is 270 g/mol. The van der Waals surface area contributed by atoms with Gasteiger partial charge in [0.1, 0.15) is 0 Å². The van der Waals surface area contributed by atoms with Gasteiger partial charge >= 0.3 is 0 Å². The number of hydrogen-bond donors (Lipinski definition) is 2. The van der Waals surface area contributed by atoms with E-state index in [0.717, 1.165) is 35.8 Å². The fourth-order valence-electron chi connectivity index (χ4n) is 1.63. The minimum absolute atomic E-state index is 0.567. The molecule has 0 radical (unpaired) electrons. The van der Waals surface area contributed by atoms with E-state index in [1.165, 1.54) is 0 Å². The smallest absolute Gasteiger partial charge is 0.0639 e. The number of hydrogen-bond acceptors (Lipinski definition) is 3. The summed E-state index contributed by atoms with van der Waals surface area (Å²) in [5.41, 5.74) is 8.64. The van der Waals surface area contributed by atoms with Crippen molar-refractivity contribution in [3.8, 4) is 0 Å². The topological polar surface area (TPSA) is 47.3 Å². The van der Waals surface area contributed by atoms with Crippen LogP contribution in [0.4, 0.5) is 11.4 Å². The zero-order valence-corrected chi connectivity index (χ0v) is 12.2. The van der Waals surface area contributed by atoms with E-state index in [1.54, 1.807) is 6.07 Å². The lowest BCUT2D eigenvalue weighted by atomic mass is 10.1. The first kappa shape index (κ1) is 15.1. The summed E-state index contributed by atoms with van der Waals surface area (Å²) in [5.74, 6) is 0.567. The molecule has 0 unspecified atom stereocenters. The van der Waals surface area contributed by atoms with Gasteiger partial charge in [-0.25, -0.2) is 0 Å². The van der Waals surface area contributed by atoms with Crippen LogP contribution in [0.5, 0.6) is 0 Å². The molecule has 0 bridgehead atoms. The highest BCUT2D eigenvalue weighted by Crippen LogP contribution is 2.27. The summed E-state index contributed by atoms with van der Waals surface area (Å²) in [6.45, 7) is 8.57. The van der Waals surface area contributed by atoms with Gasteiger partial charge in [-0.1, -0.05) is 32.4 Å². The van der Waals surface area contributed by atoms with Gasteiger partial charge in [-0.05, 0) is 30.0 Å². The van der Waals surface area contributed by atoms with Gasteiger partial charge in [0.15, 0.2) is 0 Å². The maximum absolute atomic E-state index is 6.09. The Morgan fingerprint density at radius 3 is 2.72 bits per heavy atom. The summed E-state index contributed by atoms with van der Waals surface area (Å²) in [6.07, 6.45) is 0.900. The van der Waals surface area contributed by atoms with Crippen LogP contribution in [0.3, 0.4) is 0 Å². The Morgan fingerprint density at radius 2 is 2.11 bits per heavy atom. The molecule has 0 aliphatic rings. The van der Waals surface area contributed by atoms with Crippen molar-refractivity contribution < 1.29 is 4.74 Å². The van der Waals surface area contributed by atoms with Crippen molar-refractivity contribution >= 4 is 23.0 Å². The van der Waals surface area contributed by atoms with Crippen molar-refractivity contribution in [3.05, 3.63) is 22.7 Å². The van der Waals surface area contributed by atoms with Gasteiger partial charge in [-0.15, -0.1) is 0 Å². The highest BCUT2D eigenvalue weighted by Gasteiger charge is 2.05. The maximum atomic E-state index is 6.09. The Hall–Kier alpha value is -0.930. The summed E-state index contributed by atoms with van der Waals surface area (Å²) in [7, 11) is 0. The third-order valence-corrected chi connectivity index (χ3v) is 2.96. The predicted octanol–water partition coefficient (Wildman–Crippen LogP) is 3.57. The Morgan fingerprint density at radius 1 is 1.39 bits per heavy atom. The number of benzene rings is 1. The van der Waals surface area contributed by atoms with Gasteiger partial charge in [0.25, 0.3) is 0 Å². The van der Waals surface area contributed by atoms with Crippen LogP contribution in [0.2, 0.25) is 5.02 Å². The highest BCUT2D eigenvalue weighted by atomic mass is 35.5. The zero-order chi connectivity index (χ0) is 13.5. The Labute approximate surface area is 115 Å². The molecule has 0 fully saturated rings. The second-order valence-corrected chi connectivity index (χ2v) is 5.19. The van der Waals surface area contributed by atoms with Crippen LogP contribution in [-0.2, 0) is 11.2 Å². The van der Waals surface area contributed by atoms with E-state index < -0.39 is 0 Å². The van der Waals surface area contributed by atoms with Crippen LogP contribution >= 0.6 is 11.6 Å². The normalized spacial score (nSPS) is 10.9. The van der Waals surface area contributed by atoms with Gasteiger partial charge in [-0.3, -0.25) is 0 Å². The summed E-state index contributed by atoms with van der Waals surface area (Å²) in [4.78, 5) is 0. The SMILES string of the molecule is CCc1cc(NCCOCC(C)C)c(N)cc1Cl. The molecule has 0 heterocycles. The molecule has 0 saturated carbocycles. The molecule has 1 rings (SSSR count). The summed E-state index contributed by atoms with van der Waals surface area (Å²) < 4.78 is 5.51. The minimum Gasteiger partial charge on any atom is -0.397 e. The first-order chi connectivity index (χ1) is 8.54. The van der Waals surface area contributed by atoms with Crippen LogP contribution < -0.4 is 11.1 Å². The second kappa shape index (κ2) is 7.49. The van der Waals surface area contributed by atoms with E-state index in [1.807, 2.05) is 6.07 Å². The molecule has 102 valence electrons. The van der Waals surface area contributed by atoms with Crippen molar-refractivity contribution in [3.63, 3.8) is 0 Å². The fourth-order valence-corrected chi connectivity index (χ4v) is 1.94. The Balaban J connectivity index is 2.47. The molecule has 0 aromatic heterocycles. The predicted molar refractivity (Wildman–Crippen MR) is 79.4 cm³/mol. The third-order valence-electron chi connectivity index (χ3n) is 2.61. The van der Waals surface area contributed by atoms with Crippen molar-refractivity contribution in [1.82, 2.24) is 0 Å². The number of halogens is 1. The molecule has 3 nitrogen and oxygen atoms in total. The molecule has 0 aliphatic carbocycles. The van der Waals surface area contributed by atoms with E-state index >= 15 is 0 Å². The van der Waals surface area contributed by atoms with Gasteiger partial charge in [0, 0.05) is 18.2 Å².